The molecule has 1 aliphatic carbocycles. The van der Waals surface area contributed by atoms with E-state index >= 15 is 0 Å². The van der Waals surface area contributed by atoms with Gasteiger partial charge in [-0.05, 0) is 30.4 Å². The van der Waals surface area contributed by atoms with Crippen molar-refractivity contribution in [3.63, 3.8) is 0 Å². The van der Waals surface area contributed by atoms with Crippen molar-refractivity contribution in [3.05, 3.63) is 52.0 Å². The van der Waals surface area contributed by atoms with Crippen molar-refractivity contribution in [1.82, 2.24) is 4.98 Å². The fourth-order valence-corrected chi connectivity index (χ4v) is 6.09. The van der Waals surface area contributed by atoms with E-state index in [0.717, 1.165) is 29.8 Å². The Bertz CT molecular complexity index is 1560. The van der Waals surface area contributed by atoms with E-state index in [1.54, 1.807) is 6.20 Å². The Labute approximate surface area is 228 Å². The molecule has 2 atom stereocenters. The first kappa shape index (κ1) is 25.4. The Morgan fingerprint density at radius 1 is 1.15 bits per heavy atom. The van der Waals surface area contributed by atoms with Crippen LogP contribution in [0.2, 0.25) is 0 Å². The number of pyridine rings is 1. The maximum absolute atomic E-state index is 12.8. The first-order valence-corrected chi connectivity index (χ1v) is 14.0. The molecular formula is C27H31N6O5S+. The number of amides is 1. The Balaban J connectivity index is 1.34. The minimum Gasteiger partial charge on any atom is -0.456 e. The maximum atomic E-state index is 12.8. The van der Waals surface area contributed by atoms with Crippen molar-refractivity contribution >= 4 is 51.4 Å². The number of ether oxygens (including phenoxy) is 1. The van der Waals surface area contributed by atoms with Crippen LogP contribution in [-0.4, -0.2) is 49.3 Å². The van der Waals surface area contributed by atoms with Gasteiger partial charge in [0.05, 0.1) is 59.0 Å². The van der Waals surface area contributed by atoms with Crippen LogP contribution < -0.4 is 32.4 Å². The number of nitrogens with zero attached hydrogens (tertiary/aromatic N) is 2. The number of hydrogen-bond acceptors (Lipinski definition) is 10. The van der Waals surface area contributed by atoms with Crippen LogP contribution in [0.1, 0.15) is 36.2 Å². The lowest BCUT2D eigenvalue weighted by molar-refractivity contribution is -0.427. The number of quaternary nitrogens is 1. The molecule has 1 saturated carbocycles. The van der Waals surface area contributed by atoms with Crippen molar-refractivity contribution < 1.29 is 24.1 Å². The van der Waals surface area contributed by atoms with Crippen LogP contribution in [0.4, 0.5) is 22.9 Å². The maximum Gasteiger partial charge on any atom is 0.269 e. The van der Waals surface area contributed by atoms with E-state index in [1.165, 1.54) is 30.1 Å². The summed E-state index contributed by atoms with van der Waals surface area (Å²) < 4.78 is 17.3. The Morgan fingerprint density at radius 3 is 2.77 bits per heavy atom. The summed E-state index contributed by atoms with van der Waals surface area (Å²) in [4.78, 5) is 32.2. The quantitative estimate of drug-likeness (QED) is 0.270. The molecule has 7 N–H and O–H groups in total. The number of rotatable bonds is 7. The van der Waals surface area contributed by atoms with Crippen molar-refractivity contribution in [1.29, 1.82) is 0 Å². The third-order valence-electron chi connectivity index (χ3n) is 7.31. The molecule has 11 nitrogen and oxygen atoms in total. The second kappa shape index (κ2) is 10.7. The number of furan rings is 1. The molecular weight excluding hydrogens is 520 g/mol. The fourth-order valence-electron chi connectivity index (χ4n) is 5.23. The molecule has 1 amide bonds. The van der Waals surface area contributed by atoms with Gasteiger partial charge in [0.1, 0.15) is 12.3 Å². The van der Waals surface area contributed by atoms with Gasteiger partial charge in [0.2, 0.25) is 11.0 Å². The molecule has 5 heterocycles. The molecule has 204 valence electrons. The Morgan fingerprint density at radius 2 is 1.97 bits per heavy atom. The van der Waals surface area contributed by atoms with E-state index < -0.39 is 5.91 Å². The van der Waals surface area contributed by atoms with Crippen LogP contribution in [0, 0.1) is 0 Å². The number of fused-ring (bicyclic) bond motifs is 1. The summed E-state index contributed by atoms with van der Waals surface area (Å²) in [6.07, 6.45) is 7.62. The number of anilines is 4. The molecule has 12 heteroatoms. The number of hydrogen-bond donors (Lipinski definition) is 4. The second-order valence-electron chi connectivity index (χ2n) is 9.92. The number of primary amides is 1. The number of thiophene rings is 1. The van der Waals surface area contributed by atoms with E-state index in [-0.39, 0.29) is 22.7 Å². The van der Waals surface area contributed by atoms with E-state index in [2.05, 4.69) is 21.4 Å². The van der Waals surface area contributed by atoms with Gasteiger partial charge in [0.25, 0.3) is 5.91 Å². The summed E-state index contributed by atoms with van der Waals surface area (Å²) in [7, 11) is 0. The highest BCUT2D eigenvalue weighted by Crippen LogP contribution is 2.41. The molecule has 6 rings (SSSR count). The van der Waals surface area contributed by atoms with E-state index in [1.807, 2.05) is 22.4 Å². The van der Waals surface area contributed by atoms with Gasteiger partial charge >= 0.3 is 0 Å². The van der Waals surface area contributed by atoms with E-state index in [9.17, 15) is 9.59 Å². The lowest BCUT2D eigenvalue weighted by atomic mass is 9.91. The Kier molecular flexibility index (Phi) is 6.98. The number of aromatic nitrogens is 1. The Hall–Kier alpha value is -3.87. The van der Waals surface area contributed by atoms with Gasteiger partial charge in [-0.2, -0.15) is 0 Å². The van der Waals surface area contributed by atoms with Crippen molar-refractivity contribution in [2.45, 2.75) is 37.8 Å². The highest BCUT2D eigenvalue weighted by Gasteiger charge is 2.26. The van der Waals surface area contributed by atoms with Crippen LogP contribution in [0.5, 0.6) is 0 Å². The van der Waals surface area contributed by atoms with Crippen LogP contribution in [0.25, 0.3) is 21.6 Å². The molecule has 4 aromatic rings. The van der Waals surface area contributed by atoms with Gasteiger partial charge in [0.15, 0.2) is 17.2 Å². The molecule has 39 heavy (non-hydrogen) atoms. The number of carbonyl (C=O) groups is 1. The van der Waals surface area contributed by atoms with Gasteiger partial charge in [-0.25, -0.2) is 4.98 Å². The van der Waals surface area contributed by atoms with Gasteiger partial charge in [-0.3, -0.25) is 9.59 Å². The molecule has 0 bridgehead atoms. The highest BCUT2D eigenvalue weighted by molar-refractivity contribution is 7.14. The molecule has 0 radical (unpaired) electrons. The van der Waals surface area contributed by atoms with Crippen LogP contribution in [0.3, 0.4) is 0 Å². The SMILES string of the molecule is NC(=O)c1ncc(N[C@H]2CCCC[C@H]2[NH3+])cc1Nc1ccsc1-c1coc2c(=O)cc(N3CCOCC3)oc12. The molecule has 0 unspecified atom stereocenters. The van der Waals surface area contributed by atoms with Crippen LogP contribution in [-0.2, 0) is 4.74 Å². The number of morpholine rings is 1. The molecule has 2 aliphatic rings. The first-order chi connectivity index (χ1) is 19.0. The smallest absolute Gasteiger partial charge is 0.269 e. The normalized spacial score (nSPS) is 19.8. The summed E-state index contributed by atoms with van der Waals surface area (Å²) >= 11 is 1.46. The van der Waals surface area contributed by atoms with Gasteiger partial charge in [0, 0.05) is 19.5 Å². The van der Waals surface area contributed by atoms with Crippen LogP contribution in [0.15, 0.2) is 49.7 Å². The lowest BCUT2D eigenvalue weighted by Crippen LogP contribution is -2.68. The van der Waals surface area contributed by atoms with Crippen molar-refractivity contribution in [3.8, 4) is 10.4 Å². The third-order valence-corrected chi connectivity index (χ3v) is 8.26. The number of nitrogens with one attached hydrogen (secondary N) is 2. The van der Waals surface area contributed by atoms with Crippen molar-refractivity contribution in [2.75, 3.05) is 41.8 Å². The minimum atomic E-state index is -0.636. The predicted molar refractivity (Wildman–Crippen MR) is 150 cm³/mol. The fraction of sp³-hybridized carbons (Fsp3) is 0.370. The van der Waals surface area contributed by atoms with E-state index in [4.69, 9.17) is 19.3 Å². The molecule has 0 aromatic carbocycles. The summed E-state index contributed by atoms with van der Waals surface area (Å²) in [5.74, 6) is -0.154. The lowest BCUT2D eigenvalue weighted by Gasteiger charge is -2.27. The molecule has 1 saturated heterocycles. The topological polar surface area (TPSA) is 164 Å². The number of nitrogens with two attached hydrogens (primary N) is 1. The largest absolute Gasteiger partial charge is 0.456 e. The zero-order valence-electron chi connectivity index (χ0n) is 21.4. The zero-order chi connectivity index (χ0) is 26.9. The molecule has 1 aliphatic heterocycles. The summed E-state index contributed by atoms with van der Waals surface area (Å²) in [5.41, 5.74) is 13.0. The van der Waals surface area contributed by atoms with E-state index in [0.29, 0.717) is 60.8 Å². The third kappa shape index (κ3) is 5.10. The molecule has 0 spiro atoms. The predicted octanol–water partition coefficient (Wildman–Crippen LogP) is 3.15. The van der Waals surface area contributed by atoms with Gasteiger partial charge in [-0.15, -0.1) is 11.3 Å². The highest BCUT2D eigenvalue weighted by atomic mass is 32.1. The average Bonchev–Trinajstić information content (AvgIpc) is 3.57. The summed E-state index contributed by atoms with van der Waals surface area (Å²) in [6, 6.07) is 5.74. The number of carbonyl (C=O) groups excluding carboxylic acids is 1. The monoisotopic (exact) mass is 551 g/mol. The molecule has 2 fully saturated rings. The summed E-state index contributed by atoms with van der Waals surface area (Å²) in [5, 5.41) is 8.79. The standard InChI is InChI=1S/C27H30N6O5S/c28-17-3-1-2-4-18(17)31-15-11-20(23(27(29)35)30-13-15)32-19-5-10-39-26(19)16-14-37-25-21(34)12-22(38-24(16)25)33-6-8-36-9-7-33/h5,10-14,17-18,31-32H,1-4,6-9,28H2,(H2,29,35)/p+1/t17-,18+/m1/s1. The van der Waals surface area contributed by atoms with Crippen molar-refractivity contribution in [2.24, 2.45) is 5.73 Å². The molecule has 4 aromatic heterocycles. The van der Waals surface area contributed by atoms with Gasteiger partial charge < -0.3 is 40.6 Å². The average molecular weight is 552 g/mol. The van der Waals surface area contributed by atoms with Gasteiger partial charge in [-0.1, -0.05) is 6.42 Å². The summed E-state index contributed by atoms with van der Waals surface area (Å²) in [6.45, 7) is 2.41. The second-order valence-corrected chi connectivity index (χ2v) is 10.8. The zero-order valence-corrected chi connectivity index (χ0v) is 22.2. The minimum absolute atomic E-state index is 0.130. The first-order valence-electron chi connectivity index (χ1n) is 13.1. The van der Waals surface area contributed by atoms with Crippen LogP contribution >= 0.6 is 11.3 Å².